The van der Waals surface area contributed by atoms with E-state index in [9.17, 15) is 4.79 Å². The number of halogens is 1. The molecule has 4 nitrogen and oxygen atoms in total. The molecular weight excluding hydrogens is 264 g/mol. The van der Waals surface area contributed by atoms with Crippen LogP contribution in [0.3, 0.4) is 0 Å². The lowest BCUT2D eigenvalue weighted by atomic mass is 10.1. The van der Waals surface area contributed by atoms with Crippen LogP contribution in [-0.4, -0.2) is 25.7 Å². The van der Waals surface area contributed by atoms with Crippen LogP contribution in [0, 0.1) is 0 Å². The highest BCUT2D eigenvalue weighted by atomic mass is 35.5. The number of nitrogen functional groups attached to an aromatic ring is 1. The summed E-state index contributed by atoms with van der Waals surface area (Å²) < 4.78 is 5.12. The molecule has 19 heavy (non-hydrogen) atoms. The fraction of sp³-hybridized carbons (Fsp3) is 0.500. The van der Waals surface area contributed by atoms with Gasteiger partial charge in [0.2, 0.25) is 0 Å². The Balaban J connectivity index is 0.00000324. The van der Waals surface area contributed by atoms with Crippen LogP contribution in [0.2, 0.25) is 0 Å². The SMILES string of the molecule is CCCCC(COC)NC(=O)c1cccc(N)c1.Cl. The van der Waals surface area contributed by atoms with E-state index >= 15 is 0 Å². The van der Waals surface area contributed by atoms with Crippen molar-refractivity contribution >= 4 is 24.0 Å². The summed E-state index contributed by atoms with van der Waals surface area (Å²) in [5.74, 6) is -0.0968. The molecule has 0 aromatic heterocycles. The lowest BCUT2D eigenvalue weighted by molar-refractivity contribution is 0.0890. The second-order valence-electron chi connectivity index (χ2n) is 4.39. The largest absolute Gasteiger partial charge is 0.399 e. The van der Waals surface area contributed by atoms with Gasteiger partial charge in [0.05, 0.1) is 12.6 Å². The number of hydrogen-bond donors (Lipinski definition) is 2. The van der Waals surface area contributed by atoms with Gasteiger partial charge < -0.3 is 15.8 Å². The fourth-order valence-electron chi connectivity index (χ4n) is 1.80. The van der Waals surface area contributed by atoms with Gasteiger partial charge in [0.15, 0.2) is 0 Å². The minimum atomic E-state index is -0.0968. The van der Waals surface area contributed by atoms with Gasteiger partial charge in [-0.15, -0.1) is 12.4 Å². The van der Waals surface area contributed by atoms with Crippen molar-refractivity contribution in [1.82, 2.24) is 5.32 Å². The van der Waals surface area contributed by atoms with Crippen LogP contribution in [0.1, 0.15) is 36.5 Å². The second kappa shape index (κ2) is 9.64. The molecule has 0 heterocycles. The third-order valence-corrected chi connectivity index (χ3v) is 2.76. The van der Waals surface area contributed by atoms with Gasteiger partial charge in [-0.3, -0.25) is 4.79 Å². The van der Waals surface area contributed by atoms with E-state index in [0.717, 1.165) is 19.3 Å². The van der Waals surface area contributed by atoms with Gasteiger partial charge in [0, 0.05) is 18.4 Å². The average molecular weight is 287 g/mol. The molecule has 0 aliphatic carbocycles. The van der Waals surface area contributed by atoms with E-state index in [1.54, 1.807) is 31.4 Å². The minimum Gasteiger partial charge on any atom is -0.399 e. The summed E-state index contributed by atoms with van der Waals surface area (Å²) >= 11 is 0. The number of carbonyl (C=O) groups excluding carboxylic acids is 1. The first-order valence-corrected chi connectivity index (χ1v) is 6.32. The molecular formula is C14H23ClN2O2. The third kappa shape index (κ3) is 6.45. The predicted octanol–water partition coefficient (Wildman–Crippen LogP) is 2.63. The zero-order valence-electron chi connectivity index (χ0n) is 11.5. The summed E-state index contributed by atoms with van der Waals surface area (Å²) in [5.41, 5.74) is 6.85. The topological polar surface area (TPSA) is 64.3 Å². The van der Waals surface area contributed by atoms with Gasteiger partial charge >= 0.3 is 0 Å². The van der Waals surface area contributed by atoms with E-state index < -0.39 is 0 Å². The Kier molecular flexibility index (Phi) is 9.00. The highest BCUT2D eigenvalue weighted by Gasteiger charge is 2.13. The molecule has 0 spiro atoms. The van der Waals surface area contributed by atoms with Crippen LogP contribution in [0.5, 0.6) is 0 Å². The zero-order chi connectivity index (χ0) is 13.4. The Hall–Kier alpha value is -1.26. The first-order chi connectivity index (χ1) is 8.67. The van der Waals surface area contributed by atoms with Crippen molar-refractivity contribution in [3.8, 4) is 0 Å². The van der Waals surface area contributed by atoms with Crippen molar-refractivity contribution < 1.29 is 9.53 Å². The summed E-state index contributed by atoms with van der Waals surface area (Å²) in [6.07, 6.45) is 3.11. The molecule has 0 saturated carbocycles. The molecule has 0 saturated heterocycles. The van der Waals surface area contributed by atoms with Crippen LogP contribution in [0.25, 0.3) is 0 Å². The van der Waals surface area contributed by atoms with Gasteiger partial charge in [-0.05, 0) is 24.6 Å². The summed E-state index contributed by atoms with van der Waals surface area (Å²) in [6, 6.07) is 7.04. The van der Waals surface area contributed by atoms with Gasteiger partial charge in [-0.25, -0.2) is 0 Å². The number of benzene rings is 1. The van der Waals surface area contributed by atoms with Gasteiger partial charge in [0.25, 0.3) is 5.91 Å². The van der Waals surface area contributed by atoms with E-state index in [4.69, 9.17) is 10.5 Å². The number of nitrogens with one attached hydrogen (secondary N) is 1. The smallest absolute Gasteiger partial charge is 0.251 e. The molecule has 5 heteroatoms. The maximum atomic E-state index is 12.0. The number of methoxy groups -OCH3 is 1. The maximum Gasteiger partial charge on any atom is 0.251 e. The van der Waals surface area contributed by atoms with Crippen molar-refractivity contribution in [3.63, 3.8) is 0 Å². The van der Waals surface area contributed by atoms with Crippen LogP contribution in [0.4, 0.5) is 5.69 Å². The number of carbonyl (C=O) groups is 1. The van der Waals surface area contributed by atoms with E-state index in [0.29, 0.717) is 17.9 Å². The maximum absolute atomic E-state index is 12.0. The molecule has 1 aromatic rings. The van der Waals surface area contributed by atoms with E-state index in [2.05, 4.69) is 12.2 Å². The van der Waals surface area contributed by atoms with Gasteiger partial charge in [-0.1, -0.05) is 25.8 Å². The molecule has 108 valence electrons. The Morgan fingerprint density at radius 2 is 2.21 bits per heavy atom. The minimum absolute atomic E-state index is 0. The highest BCUT2D eigenvalue weighted by Crippen LogP contribution is 2.08. The summed E-state index contributed by atoms with van der Waals surface area (Å²) in [7, 11) is 1.64. The average Bonchev–Trinajstić information content (AvgIpc) is 2.36. The van der Waals surface area contributed by atoms with Crippen molar-refractivity contribution in [2.45, 2.75) is 32.2 Å². The summed E-state index contributed by atoms with van der Waals surface area (Å²) in [6.45, 7) is 2.66. The molecule has 1 atom stereocenters. The number of amides is 1. The van der Waals surface area contributed by atoms with Gasteiger partial charge in [0.1, 0.15) is 0 Å². The molecule has 3 N–H and O–H groups in total. The predicted molar refractivity (Wildman–Crippen MR) is 80.8 cm³/mol. The Bertz CT molecular complexity index is 385. The Morgan fingerprint density at radius 1 is 1.47 bits per heavy atom. The second-order valence-corrected chi connectivity index (χ2v) is 4.39. The number of nitrogens with two attached hydrogens (primary N) is 1. The summed E-state index contributed by atoms with van der Waals surface area (Å²) in [4.78, 5) is 12.0. The van der Waals surface area contributed by atoms with Crippen molar-refractivity contribution in [2.24, 2.45) is 0 Å². The molecule has 1 unspecified atom stereocenters. The number of unbranched alkanes of at least 4 members (excludes halogenated alkanes) is 1. The van der Waals surface area contributed by atoms with Crippen LogP contribution in [-0.2, 0) is 4.74 Å². The third-order valence-electron chi connectivity index (χ3n) is 2.76. The molecule has 0 aliphatic heterocycles. The molecule has 0 radical (unpaired) electrons. The Morgan fingerprint density at radius 3 is 2.79 bits per heavy atom. The molecule has 1 aromatic carbocycles. The van der Waals surface area contributed by atoms with Crippen molar-refractivity contribution in [2.75, 3.05) is 19.5 Å². The normalized spacial score (nSPS) is 11.5. The molecule has 1 rings (SSSR count). The molecule has 1 amide bonds. The Labute approximate surface area is 121 Å². The monoisotopic (exact) mass is 286 g/mol. The molecule has 0 bridgehead atoms. The molecule has 0 aliphatic rings. The van der Waals surface area contributed by atoms with Crippen LogP contribution >= 0.6 is 12.4 Å². The zero-order valence-corrected chi connectivity index (χ0v) is 12.3. The quantitative estimate of drug-likeness (QED) is 0.757. The first kappa shape index (κ1) is 17.7. The number of hydrogen-bond acceptors (Lipinski definition) is 3. The number of anilines is 1. The van der Waals surface area contributed by atoms with E-state index in [-0.39, 0.29) is 24.4 Å². The van der Waals surface area contributed by atoms with Crippen LogP contribution in [0.15, 0.2) is 24.3 Å². The van der Waals surface area contributed by atoms with Gasteiger partial charge in [-0.2, -0.15) is 0 Å². The standard InChI is InChI=1S/C14H22N2O2.ClH/c1-3-4-8-13(10-18-2)16-14(17)11-6-5-7-12(15)9-11;/h5-7,9,13H,3-4,8,10,15H2,1-2H3,(H,16,17);1H. The lowest BCUT2D eigenvalue weighted by Gasteiger charge is -2.17. The molecule has 0 fully saturated rings. The van der Waals surface area contributed by atoms with Crippen LogP contribution < -0.4 is 11.1 Å². The lowest BCUT2D eigenvalue weighted by Crippen LogP contribution is -2.38. The highest BCUT2D eigenvalue weighted by molar-refractivity contribution is 5.95. The van der Waals surface area contributed by atoms with Crippen molar-refractivity contribution in [3.05, 3.63) is 29.8 Å². The van der Waals surface area contributed by atoms with E-state index in [1.807, 2.05) is 0 Å². The first-order valence-electron chi connectivity index (χ1n) is 6.32. The summed E-state index contributed by atoms with van der Waals surface area (Å²) in [5, 5.41) is 2.98. The number of ether oxygens (including phenoxy) is 1. The fourth-order valence-corrected chi connectivity index (χ4v) is 1.80. The van der Waals surface area contributed by atoms with Crippen molar-refractivity contribution in [1.29, 1.82) is 0 Å². The number of rotatable bonds is 7. The van der Waals surface area contributed by atoms with E-state index in [1.165, 1.54) is 0 Å².